The van der Waals surface area contributed by atoms with E-state index in [1.54, 1.807) is 0 Å². The molecule has 3 heteroatoms. The monoisotopic (exact) mass is 208 g/mol. The van der Waals surface area contributed by atoms with Gasteiger partial charge in [0, 0.05) is 10.6 Å². The predicted molar refractivity (Wildman–Crippen MR) is 56.1 cm³/mol. The van der Waals surface area contributed by atoms with Crippen LogP contribution in [0.2, 0.25) is 5.02 Å². The number of benzene rings is 1. The summed E-state index contributed by atoms with van der Waals surface area (Å²) in [4.78, 5) is 4.33. The Labute approximate surface area is 86.0 Å². The minimum absolute atomic E-state index is 0.741. The van der Waals surface area contributed by atoms with Gasteiger partial charge in [-0.1, -0.05) is 23.7 Å². The molecule has 1 aromatic carbocycles. The van der Waals surface area contributed by atoms with Crippen LogP contribution < -0.4 is 0 Å². The van der Waals surface area contributed by atoms with Crippen molar-refractivity contribution in [2.45, 2.75) is 6.92 Å². The fraction of sp³-hybridized carbons (Fsp3) is 0.100. The molecule has 0 aliphatic rings. The Bertz CT molecular complexity index is 422. The van der Waals surface area contributed by atoms with Crippen molar-refractivity contribution in [3.8, 4) is 10.6 Å². The van der Waals surface area contributed by atoms with Crippen molar-refractivity contribution in [2.75, 3.05) is 0 Å². The molecule has 0 bridgehead atoms. The molecule has 0 aliphatic heterocycles. The summed E-state index contributed by atoms with van der Waals surface area (Å²) in [6.07, 6.45) is 0. The van der Waals surface area contributed by atoms with E-state index >= 15 is 0 Å². The van der Waals surface area contributed by atoms with E-state index in [1.165, 1.54) is 11.3 Å². The maximum atomic E-state index is 5.87. The second kappa shape index (κ2) is 3.48. The Balaban J connectivity index is 2.46. The van der Waals surface area contributed by atoms with Gasteiger partial charge in [0.15, 0.2) is 0 Å². The maximum absolute atomic E-state index is 5.87. The molecule has 1 nitrogen and oxygen atoms in total. The van der Waals surface area contributed by atoms with Gasteiger partial charge in [0.25, 0.3) is 0 Å². The van der Waals surface area contributed by atoms with Gasteiger partial charge in [-0.2, -0.15) is 0 Å². The third-order valence-corrected chi connectivity index (χ3v) is 2.79. The standard InChI is InChI=1S/C10H7ClNS/c1-7-6-13-10(12-7)8-3-2-4-9(11)5-8/h2-5H,1H3. The first kappa shape index (κ1) is 8.73. The molecule has 2 rings (SSSR count). The summed E-state index contributed by atoms with van der Waals surface area (Å²) in [6.45, 7) is 1.94. The van der Waals surface area contributed by atoms with Crippen molar-refractivity contribution >= 4 is 22.9 Å². The normalized spacial score (nSPS) is 10.3. The molecular weight excluding hydrogens is 202 g/mol. The van der Waals surface area contributed by atoms with Crippen LogP contribution in [0.4, 0.5) is 0 Å². The Morgan fingerprint density at radius 2 is 2.31 bits per heavy atom. The van der Waals surface area contributed by atoms with Crippen LogP contribution in [0.5, 0.6) is 0 Å². The minimum atomic E-state index is 0.741. The third kappa shape index (κ3) is 1.90. The lowest BCUT2D eigenvalue weighted by molar-refractivity contribution is 1.26. The number of aryl methyl sites for hydroxylation is 1. The predicted octanol–water partition coefficient (Wildman–Crippen LogP) is 3.57. The molecule has 0 saturated carbocycles. The van der Waals surface area contributed by atoms with Crippen molar-refractivity contribution < 1.29 is 0 Å². The highest BCUT2D eigenvalue weighted by Crippen LogP contribution is 2.25. The topological polar surface area (TPSA) is 12.9 Å². The van der Waals surface area contributed by atoms with Crippen LogP contribution >= 0.6 is 22.9 Å². The molecule has 1 aromatic heterocycles. The summed E-state index contributed by atoms with van der Waals surface area (Å²) in [5.74, 6) is 0. The molecule has 1 radical (unpaired) electrons. The molecular formula is C10H7ClNS. The van der Waals surface area contributed by atoms with Gasteiger partial charge in [0.2, 0.25) is 0 Å². The van der Waals surface area contributed by atoms with Crippen molar-refractivity contribution in [2.24, 2.45) is 0 Å². The number of hydrogen-bond acceptors (Lipinski definition) is 2. The molecule has 13 heavy (non-hydrogen) atoms. The summed E-state index contributed by atoms with van der Waals surface area (Å²) in [7, 11) is 0. The van der Waals surface area contributed by atoms with E-state index in [0.29, 0.717) is 0 Å². The van der Waals surface area contributed by atoms with Crippen LogP contribution in [0.1, 0.15) is 5.69 Å². The van der Waals surface area contributed by atoms with Gasteiger partial charge >= 0.3 is 0 Å². The fourth-order valence-corrected chi connectivity index (χ4v) is 1.97. The summed E-state index contributed by atoms with van der Waals surface area (Å²) in [5.41, 5.74) is 1.99. The van der Waals surface area contributed by atoms with Crippen molar-refractivity contribution in [3.05, 3.63) is 40.4 Å². The SMILES string of the molecule is Cc1[c]sc(-c2cccc(Cl)c2)n1. The summed E-state index contributed by atoms with van der Waals surface area (Å²) in [6, 6.07) is 7.69. The number of thiazole rings is 1. The highest BCUT2D eigenvalue weighted by Gasteiger charge is 2.02. The van der Waals surface area contributed by atoms with Crippen molar-refractivity contribution in [1.29, 1.82) is 0 Å². The lowest BCUT2D eigenvalue weighted by Crippen LogP contribution is -1.76. The highest BCUT2D eigenvalue weighted by molar-refractivity contribution is 7.12. The zero-order valence-corrected chi connectivity index (χ0v) is 8.62. The maximum Gasteiger partial charge on any atom is 0.124 e. The van der Waals surface area contributed by atoms with Crippen LogP contribution in [0.3, 0.4) is 0 Å². The molecule has 0 spiro atoms. The molecule has 65 valence electrons. The van der Waals surface area contributed by atoms with E-state index in [9.17, 15) is 0 Å². The molecule has 0 aliphatic carbocycles. The molecule has 1 heterocycles. The fourth-order valence-electron chi connectivity index (χ4n) is 1.07. The molecule has 0 atom stereocenters. The van der Waals surface area contributed by atoms with E-state index < -0.39 is 0 Å². The van der Waals surface area contributed by atoms with Gasteiger partial charge in [0.05, 0.1) is 11.1 Å². The summed E-state index contributed by atoms with van der Waals surface area (Å²) in [5, 5.41) is 4.79. The smallest absolute Gasteiger partial charge is 0.124 e. The van der Waals surface area contributed by atoms with Gasteiger partial charge in [-0.3, -0.25) is 0 Å². The van der Waals surface area contributed by atoms with Crippen LogP contribution in [-0.4, -0.2) is 4.98 Å². The Hall–Kier alpha value is -0.860. The first-order valence-electron chi connectivity index (χ1n) is 3.87. The zero-order chi connectivity index (χ0) is 9.26. The average Bonchev–Trinajstić information content (AvgIpc) is 2.52. The van der Waals surface area contributed by atoms with E-state index in [1.807, 2.05) is 31.2 Å². The molecule has 2 aromatic rings. The van der Waals surface area contributed by atoms with Gasteiger partial charge in [-0.15, -0.1) is 11.3 Å². The number of aromatic nitrogens is 1. The first-order chi connectivity index (χ1) is 6.25. The van der Waals surface area contributed by atoms with Crippen LogP contribution in [0.25, 0.3) is 10.6 Å². The highest BCUT2D eigenvalue weighted by atomic mass is 35.5. The number of rotatable bonds is 1. The van der Waals surface area contributed by atoms with Crippen LogP contribution in [0.15, 0.2) is 24.3 Å². The lowest BCUT2D eigenvalue weighted by atomic mass is 10.2. The number of hydrogen-bond donors (Lipinski definition) is 0. The van der Waals surface area contributed by atoms with Crippen molar-refractivity contribution in [3.63, 3.8) is 0 Å². The van der Waals surface area contributed by atoms with Crippen LogP contribution in [0, 0.1) is 12.3 Å². The Morgan fingerprint density at radius 1 is 1.46 bits per heavy atom. The molecule has 0 saturated heterocycles. The van der Waals surface area contributed by atoms with Gasteiger partial charge < -0.3 is 0 Å². The average molecular weight is 209 g/mol. The Kier molecular flexibility index (Phi) is 2.34. The van der Waals surface area contributed by atoms with Crippen molar-refractivity contribution in [1.82, 2.24) is 4.98 Å². The van der Waals surface area contributed by atoms with Gasteiger partial charge in [-0.25, -0.2) is 4.98 Å². The molecule has 0 unspecified atom stereocenters. The quantitative estimate of drug-likeness (QED) is 0.698. The summed E-state index contributed by atoms with van der Waals surface area (Å²) < 4.78 is 0. The van der Waals surface area contributed by atoms with Gasteiger partial charge in [-0.05, 0) is 19.1 Å². The van der Waals surface area contributed by atoms with Crippen LogP contribution in [-0.2, 0) is 0 Å². The van der Waals surface area contributed by atoms with E-state index in [-0.39, 0.29) is 0 Å². The van der Waals surface area contributed by atoms with E-state index in [0.717, 1.165) is 21.3 Å². The lowest BCUT2D eigenvalue weighted by Gasteiger charge is -1.95. The Morgan fingerprint density at radius 3 is 2.92 bits per heavy atom. The zero-order valence-electron chi connectivity index (χ0n) is 7.04. The minimum Gasteiger partial charge on any atom is -0.241 e. The molecule has 0 amide bonds. The van der Waals surface area contributed by atoms with E-state index in [4.69, 9.17) is 11.6 Å². The third-order valence-electron chi connectivity index (χ3n) is 1.64. The molecule has 0 N–H and O–H groups in total. The second-order valence-corrected chi connectivity index (χ2v) is 3.95. The molecule has 0 fully saturated rings. The van der Waals surface area contributed by atoms with Gasteiger partial charge in [0.1, 0.15) is 5.01 Å². The number of halogens is 1. The number of nitrogens with zero attached hydrogens (tertiary/aromatic N) is 1. The second-order valence-electron chi connectivity index (χ2n) is 2.72. The largest absolute Gasteiger partial charge is 0.241 e. The summed E-state index contributed by atoms with van der Waals surface area (Å²) >= 11 is 7.38. The first-order valence-corrected chi connectivity index (χ1v) is 5.06. The van der Waals surface area contributed by atoms with E-state index in [2.05, 4.69) is 10.4 Å².